The van der Waals surface area contributed by atoms with Crippen LogP contribution in [0, 0.1) is 31.7 Å². The molecule has 0 saturated carbocycles. The summed E-state index contributed by atoms with van der Waals surface area (Å²) in [6.45, 7) is 11.9. The number of carbonyl (C=O) groups is 2. The Balaban J connectivity index is 4.51. The van der Waals surface area contributed by atoms with Crippen LogP contribution < -0.4 is 5.73 Å². The van der Waals surface area contributed by atoms with E-state index in [-0.39, 0.29) is 11.8 Å². The molecule has 0 aliphatic rings. The van der Waals surface area contributed by atoms with Gasteiger partial charge in [0.1, 0.15) is 13.2 Å². The zero-order chi connectivity index (χ0) is 16.3. The summed E-state index contributed by atoms with van der Waals surface area (Å²) in [5, 5.41) is 4.24. The maximum Gasteiger partial charge on any atom is 0.332 e. The predicted octanol–water partition coefficient (Wildman–Crippen LogP) is 3.45. The number of amides is 1. The molecule has 0 aromatic carbocycles. The van der Waals surface area contributed by atoms with Crippen molar-refractivity contribution in [3.63, 3.8) is 0 Å². The highest BCUT2D eigenvalue weighted by atomic mass is 16.1. The van der Waals surface area contributed by atoms with Crippen LogP contribution in [-0.2, 0) is 9.59 Å². The molecular weight excluding hydrogens is 264 g/mol. The number of carbonyl (C=O) groups excluding carboxylic acids is 2. The highest BCUT2D eigenvalue weighted by Crippen LogP contribution is 2.39. The van der Waals surface area contributed by atoms with Crippen LogP contribution in [0.15, 0.2) is 0 Å². The number of rotatable bonds is 13. The number of aldehydes is 1. The monoisotopic (exact) mass is 292 g/mol. The zero-order valence-corrected chi connectivity index (χ0v) is 13.4. The van der Waals surface area contributed by atoms with Gasteiger partial charge >= 0.3 is 6.42 Å². The molecule has 0 radical (unpaired) electrons. The van der Waals surface area contributed by atoms with E-state index in [1.54, 1.807) is 0 Å². The second-order valence-electron chi connectivity index (χ2n) is 5.91. The Morgan fingerprint density at radius 1 is 1.52 bits per heavy atom. The molecule has 0 aromatic rings. The van der Waals surface area contributed by atoms with Crippen LogP contribution in [0.4, 0.5) is 0 Å². The van der Waals surface area contributed by atoms with Crippen molar-refractivity contribution in [3.05, 3.63) is 31.6 Å². The highest BCUT2D eigenvalue weighted by Gasteiger charge is 2.30. The average molecular weight is 292 g/mol. The van der Waals surface area contributed by atoms with Crippen LogP contribution in [0.1, 0.15) is 58.8 Å². The minimum atomic E-state index is -0.712. The van der Waals surface area contributed by atoms with Crippen molar-refractivity contribution in [3.8, 4) is 0 Å². The number of hydrogen-bond acceptors (Lipinski definition) is 2. The van der Waals surface area contributed by atoms with Gasteiger partial charge in [0, 0.05) is 18.3 Å². The molecule has 0 aliphatic carbocycles. The van der Waals surface area contributed by atoms with Crippen molar-refractivity contribution in [1.82, 2.24) is 0 Å². The lowest BCUT2D eigenvalue weighted by Crippen LogP contribution is -2.24. The lowest BCUT2D eigenvalue weighted by atomic mass is 9.75. The van der Waals surface area contributed by atoms with Gasteiger partial charge in [-0.05, 0) is 12.5 Å². The fraction of sp³-hybridized carbons (Fsp3) is 0.647. The Hall–Kier alpha value is -1.25. The first-order chi connectivity index (χ1) is 9.86. The van der Waals surface area contributed by atoms with Gasteiger partial charge in [0.2, 0.25) is 5.91 Å². The van der Waals surface area contributed by atoms with E-state index < -0.39 is 11.9 Å². The highest BCUT2D eigenvalue weighted by molar-refractivity contribution is 5.80. The standard InChI is InChI=1S/C17H28N2O2/c1-5-7-9-17(4,10-8-6-2)12-14(3)19-15(13-20)11-16(18)21/h13,15H,1,3,6-12H2,2,4H3,(H2,18,21)/t15-,17?/m1/s1. The smallest absolute Gasteiger partial charge is 0.332 e. The Bertz CT molecular complexity index is 297. The van der Waals surface area contributed by atoms with Gasteiger partial charge in [-0.2, -0.15) is 13.0 Å². The second-order valence-corrected chi connectivity index (χ2v) is 5.91. The third-order valence-electron chi connectivity index (χ3n) is 3.59. The quantitative estimate of drug-likeness (QED) is 0.417. The average Bonchev–Trinajstić information content (AvgIpc) is 2.41. The summed E-state index contributed by atoms with van der Waals surface area (Å²) < 4.78 is 0. The van der Waals surface area contributed by atoms with Gasteiger partial charge in [-0.15, -0.1) is 0 Å². The molecular formula is C17H28N2O2. The summed E-state index contributed by atoms with van der Waals surface area (Å²) in [5.74, 6) is -0.529. The first-order valence-corrected chi connectivity index (χ1v) is 7.49. The van der Waals surface area contributed by atoms with Crippen LogP contribution in [0.2, 0.25) is 0 Å². The first-order valence-electron chi connectivity index (χ1n) is 7.49. The number of unbranched alkanes of at least 4 members (excludes halogenated alkanes) is 2. The molecule has 0 aromatic heterocycles. The van der Waals surface area contributed by atoms with Crippen LogP contribution in [0.5, 0.6) is 0 Å². The molecule has 0 rings (SSSR count). The number of primary amides is 1. The third-order valence-corrected chi connectivity index (χ3v) is 3.59. The summed E-state index contributed by atoms with van der Waals surface area (Å²) >= 11 is 0. The molecule has 0 heterocycles. The van der Waals surface area contributed by atoms with E-state index in [1.165, 1.54) is 0 Å². The molecule has 0 bridgehead atoms. The number of hydrogen-bond donors (Lipinski definition) is 1. The van der Waals surface area contributed by atoms with E-state index >= 15 is 0 Å². The summed E-state index contributed by atoms with van der Waals surface area (Å²) in [7, 11) is 0. The minimum Gasteiger partial charge on any atom is -0.475 e. The normalized spacial score (nSPS) is 14.9. The van der Waals surface area contributed by atoms with Crippen molar-refractivity contribution >= 4 is 12.2 Å². The van der Waals surface area contributed by atoms with E-state index in [2.05, 4.69) is 39.4 Å². The van der Waals surface area contributed by atoms with Gasteiger partial charge in [0.05, 0.1) is 6.42 Å². The maximum absolute atomic E-state index is 10.9. The van der Waals surface area contributed by atoms with Gasteiger partial charge in [-0.25, -0.2) is 0 Å². The Labute approximate surface area is 130 Å². The Morgan fingerprint density at radius 3 is 2.67 bits per heavy atom. The van der Waals surface area contributed by atoms with E-state index in [4.69, 9.17) is 5.73 Å². The van der Waals surface area contributed by atoms with E-state index in [0.717, 1.165) is 32.1 Å². The van der Waals surface area contributed by atoms with Gasteiger partial charge < -0.3 is 15.8 Å². The van der Waals surface area contributed by atoms with Crippen LogP contribution in [0.25, 0.3) is 5.32 Å². The molecule has 4 nitrogen and oxygen atoms in total. The molecule has 1 amide bonds. The molecule has 2 N–H and O–H groups in total. The van der Waals surface area contributed by atoms with E-state index in [1.807, 2.05) is 0 Å². The van der Waals surface area contributed by atoms with Crippen molar-refractivity contribution in [1.29, 1.82) is 0 Å². The summed E-state index contributed by atoms with van der Waals surface area (Å²) in [4.78, 5) is 21.8. The van der Waals surface area contributed by atoms with Crippen molar-refractivity contribution in [2.24, 2.45) is 11.1 Å². The van der Waals surface area contributed by atoms with E-state index in [9.17, 15) is 9.59 Å². The lowest BCUT2D eigenvalue weighted by Gasteiger charge is -2.35. The van der Waals surface area contributed by atoms with Crippen molar-refractivity contribution in [2.45, 2.75) is 64.8 Å². The molecule has 0 fully saturated rings. The SMILES string of the molecule is [CH2-][C+2]CCC(C)(CCCC)C[C+]([CH2-])[N-][C@@H](C=O)CC(N)=O. The topological polar surface area (TPSA) is 74.3 Å². The Kier molecular flexibility index (Phi) is 9.85. The van der Waals surface area contributed by atoms with Gasteiger partial charge in [-0.3, -0.25) is 4.79 Å². The fourth-order valence-corrected chi connectivity index (χ4v) is 2.40. The molecule has 21 heavy (non-hydrogen) atoms. The largest absolute Gasteiger partial charge is 0.475 e. The Morgan fingerprint density at radius 2 is 2.19 bits per heavy atom. The minimum absolute atomic E-state index is 0.0609. The molecule has 118 valence electrons. The van der Waals surface area contributed by atoms with Crippen molar-refractivity contribution in [2.75, 3.05) is 0 Å². The van der Waals surface area contributed by atoms with Crippen LogP contribution in [-0.4, -0.2) is 18.2 Å². The zero-order valence-electron chi connectivity index (χ0n) is 13.4. The van der Waals surface area contributed by atoms with Gasteiger partial charge in [0.25, 0.3) is 6.42 Å². The fourth-order valence-electron chi connectivity index (χ4n) is 2.40. The lowest BCUT2D eigenvalue weighted by molar-refractivity contribution is -0.120. The summed E-state index contributed by atoms with van der Waals surface area (Å²) in [5.41, 5.74) is 5.17. The molecule has 0 spiro atoms. The number of nitrogens with two attached hydrogens (primary N) is 1. The molecule has 2 atom stereocenters. The van der Waals surface area contributed by atoms with Crippen molar-refractivity contribution < 1.29 is 9.59 Å². The first kappa shape index (κ1) is 19.8. The molecule has 0 aliphatic heterocycles. The summed E-state index contributed by atoms with van der Waals surface area (Å²) in [6.07, 6.45) is 9.35. The van der Waals surface area contributed by atoms with Gasteiger partial charge in [0.15, 0.2) is 0 Å². The second kappa shape index (κ2) is 10.5. The predicted molar refractivity (Wildman–Crippen MR) is 85.7 cm³/mol. The summed E-state index contributed by atoms with van der Waals surface area (Å²) in [6, 6.07) is -0.0626. The van der Waals surface area contributed by atoms with E-state index in [0.29, 0.717) is 18.7 Å². The van der Waals surface area contributed by atoms with Crippen LogP contribution in [0.3, 0.4) is 0 Å². The van der Waals surface area contributed by atoms with Crippen LogP contribution >= 0.6 is 0 Å². The molecule has 1 unspecified atom stereocenters. The molecule has 0 saturated heterocycles. The maximum atomic E-state index is 10.9. The molecule has 4 heteroatoms. The van der Waals surface area contributed by atoms with Gasteiger partial charge in [-0.1, -0.05) is 26.7 Å². The third kappa shape index (κ3) is 9.33. The number of nitrogens with zero attached hydrogens (tertiary/aromatic N) is 1.